The number of rotatable bonds is 10. The summed E-state index contributed by atoms with van der Waals surface area (Å²) < 4.78 is 11.9. The Kier molecular flexibility index (Phi) is 8.63. The van der Waals surface area contributed by atoms with Crippen LogP contribution in [0.1, 0.15) is 92.2 Å². The lowest BCUT2D eigenvalue weighted by Gasteiger charge is -2.26. The zero-order valence-corrected chi connectivity index (χ0v) is 21.2. The Balaban J connectivity index is 1.90. The fourth-order valence-corrected chi connectivity index (χ4v) is 3.69. The van der Waals surface area contributed by atoms with Gasteiger partial charge in [-0.05, 0) is 71.9 Å². The van der Waals surface area contributed by atoms with Gasteiger partial charge in [0.1, 0.15) is 11.5 Å². The molecule has 0 aliphatic heterocycles. The van der Waals surface area contributed by atoms with Crippen molar-refractivity contribution >= 4 is 0 Å². The lowest BCUT2D eigenvalue weighted by molar-refractivity contribution is 0.269. The van der Waals surface area contributed by atoms with Crippen molar-refractivity contribution in [1.82, 2.24) is 0 Å². The summed E-state index contributed by atoms with van der Waals surface area (Å²) in [7, 11) is 0. The van der Waals surface area contributed by atoms with Crippen molar-refractivity contribution in [1.29, 1.82) is 0 Å². The van der Waals surface area contributed by atoms with Gasteiger partial charge in [0.2, 0.25) is 0 Å². The van der Waals surface area contributed by atoms with Gasteiger partial charge in [-0.15, -0.1) is 0 Å². The van der Waals surface area contributed by atoms with Crippen molar-refractivity contribution in [3.8, 4) is 11.5 Å². The second kappa shape index (κ2) is 10.6. The molecule has 0 aliphatic rings. The standard InChI is InChI=1S/C29H44O2/c1-27(2,3)19-9-21-30-25-15-11-23(12-16-25)29(7,8)24-13-17-26(18-14-24)31-22-10-20-28(4,5)6/h11-18H,9-10,19-22H2,1-8H3. The van der Waals surface area contributed by atoms with E-state index in [1.54, 1.807) is 0 Å². The molecular weight excluding hydrogens is 380 g/mol. The number of benzene rings is 2. The van der Waals surface area contributed by atoms with Gasteiger partial charge in [-0.3, -0.25) is 0 Å². The van der Waals surface area contributed by atoms with Gasteiger partial charge in [-0.2, -0.15) is 0 Å². The first kappa shape index (κ1) is 25.3. The van der Waals surface area contributed by atoms with E-state index in [1.807, 2.05) is 0 Å². The van der Waals surface area contributed by atoms with Crippen molar-refractivity contribution in [2.24, 2.45) is 10.8 Å². The lowest BCUT2D eigenvalue weighted by Crippen LogP contribution is -2.18. The molecule has 0 radical (unpaired) electrons. The third-order valence-corrected chi connectivity index (χ3v) is 5.83. The maximum absolute atomic E-state index is 5.94. The Hall–Kier alpha value is -1.96. The zero-order chi connectivity index (χ0) is 23.1. The highest BCUT2D eigenvalue weighted by Crippen LogP contribution is 2.33. The van der Waals surface area contributed by atoms with E-state index in [-0.39, 0.29) is 5.41 Å². The monoisotopic (exact) mass is 424 g/mol. The summed E-state index contributed by atoms with van der Waals surface area (Å²) >= 11 is 0. The molecule has 0 saturated heterocycles. The van der Waals surface area contributed by atoms with E-state index < -0.39 is 0 Å². The largest absolute Gasteiger partial charge is 0.494 e. The maximum atomic E-state index is 5.94. The molecule has 2 aromatic rings. The molecule has 31 heavy (non-hydrogen) atoms. The first-order chi connectivity index (χ1) is 14.4. The van der Waals surface area contributed by atoms with Crippen LogP contribution in [-0.2, 0) is 5.41 Å². The molecule has 0 aliphatic carbocycles. The van der Waals surface area contributed by atoms with E-state index in [1.165, 1.54) is 24.0 Å². The highest BCUT2D eigenvalue weighted by atomic mass is 16.5. The molecule has 0 unspecified atom stereocenters. The number of hydrogen-bond donors (Lipinski definition) is 0. The van der Waals surface area contributed by atoms with E-state index in [0.29, 0.717) is 10.8 Å². The molecular formula is C29H44O2. The van der Waals surface area contributed by atoms with Crippen molar-refractivity contribution in [3.63, 3.8) is 0 Å². The minimum atomic E-state index is -0.0739. The molecule has 0 fully saturated rings. The van der Waals surface area contributed by atoms with Gasteiger partial charge >= 0.3 is 0 Å². The van der Waals surface area contributed by atoms with Gasteiger partial charge < -0.3 is 9.47 Å². The van der Waals surface area contributed by atoms with Crippen LogP contribution in [0.25, 0.3) is 0 Å². The van der Waals surface area contributed by atoms with Crippen LogP contribution in [0.3, 0.4) is 0 Å². The molecule has 172 valence electrons. The van der Waals surface area contributed by atoms with Crippen LogP contribution in [0.15, 0.2) is 48.5 Å². The fourth-order valence-electron chi connectivity index (χ4n) is 3.69. The highest BCUT2D eigenvalue weighted by Gasteiger charge is 2.23. The first-order valence-electron chi connectivity index (χ1n) is 11.8. The van der Waals surface area contributed by atoms with Gasteiger partial charge in [-0.25, -0.2) is 0 Å². The van der Waals surface area contributed by atoms with Crippen LogP contribution in [0.2, 0.25) is 0 Å². The molecule has 2 rings (SSSR count). The summed E-state index contributed by atoms with van der Waals surface area (Å²) in [5, 5.41) is 0. The van der Waals surface area contributed by atoms with E-state index in [4.69, 9.17) is 9.47 Å². The second-order valence-electron chi connectivity index (χ2n) is 11.7. The Morgan fingerprint density at radius 3 is 1.13 bits per heavy atom. The molecule has 2 nitrogen and oxygen atoms in total. The van der Waals surface area contributed by atoms with Crippen molar-refractivity contribution < 1.29 is 9.47 Å². The average molecular weight is 425 g/mol. The summed E-state index contributed by atoms with van der Waals surface area (Å²) in [5.41, 5.74) is 3.23. The molecule has 0 heterocycles. The summed E-state index contributed by atoms with van der Waals surface area (Å²) in [6.45, 7) is 19.7. The molecule has 2 aromatic carbocycles. The predicted molar refractivity (Wildman–Crippen MR) is 133 cm³/mol. The Bertz CT molecular complexity index is 704. The van der Waals surface area contributed by atoms with Crippen LogP contribution in [0.5, 0.6) is 11.5 Å². The smallest absolute Gasteiger partial charge is 0.119 e. The molecule has 0 aromatic heterocycles. The van der Waals surface area contributed by atoms with Crippen LogP contribution < -0.4 is 9.47 Å². The molecule has 0 N–H and O–H groups in total. The molecule has 0 amide bonds. The van der Waals surface area contributed by atoms with Gasteiger partial charge in [0, 0.05) is 5.41 Å². The number of ether oxygens (including phenoxy) is 2. The molecule has 2 heteroatoms. The summed E-state index contributed by atoms with van der Waals surface area (Å²) in [4.78, 5) is 0. The Morgan fingerprint density at radius 1 is 0.516 bits per heavy atom. The molecule has 0 atom stereocenters. The third-order valence-electron chi connectivity index (χ3n) is 5.83. The summed E-state index contributed by atoms with van der Waals surface area (Å²) in [6, 6.07) is 17.2. The molecule has 0 spiro atoms. The van der Waals surface area contributed by atoms with Gasteiger partial charge in [0.05, 0.1) is 13.2 Å². The van der Waals surface area contributed by atoms with Crippen molar-refractivity contribution in [3.05, 3.63) is 59.7 Å². The Morgan fingerprint density at radius 2 is 0.839 bits per heavy atom. The zero-order valence-electron chi connectivity index (χ0n) is 21.2. The van der Waals surface area contributed by atoms with E-state index in [9.17, 15) is 0 Å². The third kappa shape index (κ3) is 8.97. The minimum Gasteiger partial charge on any atom is -0.494 e. The van der Waals surface area contributed by atoms with E-state index in [2.05, 4.69) is 104 Å². The second-order valence-corrected chi connectivity index (χ2v) is 11.7. The molecule has 0 saturated carbocycles. The van der Waals surface area contributed by atoms with Crippen molar-refractivity contribution in [2.45, 2.75) is 86.5 Å². The predicted octanol–water partition coefficient (Wildman–Crippen LogP) is 8.42. The van der Waals surface area contributed by atoms with Crippen LogP contribution in [0, 0.1) is 10.8 Å². The summed E-state index contributed by atoms with van der Waals surface area (Å²) in [5.74, 6) is 1.90. The highest BCUT2D eigenvalue weighted by molar-refractivity contribution is 5.41. The van der Waals surface area contributed by atoms with Gasteiger partial charge in [-0.1, -0.05) is 79.7 Å². The fraction of sp³-hybridized carbons (Fsp3) is 0.586. The Labute approximate surface area is 191 Å². The first-order valence-corrected chi connectivity index (χ1v) is 11.8. The lowest BCUT2D eigenvalue weighted by atomic mass is 9.78. The normalized spacial score (nSPS) is 12.6. The molecule has 0 bridgehead atoms. The SMILES string of the molecule is CC(C)(C)CCCOc1ccc(C(C)(C)c2ccc(OCCCC(C)(C)C)cc2)cc1. The summed E-state index contributed by atoms with van der Waals surface area (Å²) in [6.07, 6.45) is 4.52. The quantitative estimate of drug-likeness (QED) is 0.356. The number of hydrogen-bond acceptors (Lipinski definition) is 2. The van der Waals surface area contributed by atoms with E-state index >= 15 is 0 Å². The van der Waals surface area contributed by atoms with Crippen LogP contribution >= 0.6 is 0 Å². The average Bonchev–Trinajstić information content (AvgIpc) is 2.68. The van der Waals surface area contributed by atoms with Crippen LogP contribution in [-0.4, -0.2) is 13.2 Å². The van der Waals surface area contributed by atoms with Crippen molar-refractivity contribution in [2.75, 3.05) is 13.2 Å². The maximum Gasteiger partial charge on any atom is 0.119 e. The minimum absolute atomic E-state index is 0.0739. The van der Waals surface area contributed by atoms with E-state index in [0.717, 1.165) is 37.6 Å². The van der Waals surface area contributed by atoms with Gasteiger partial charge in [0.25, 0.3) is 0 Å². The van der Waals surface area contributed by atoms with Gasteiger partial charge in [0.15, 0.2) is 0 Å². The topological polar surface area (TPSA) is 18.5 Å². The van der Waals surface area contributed by atoms with Crippen LogP contribution in [0.4, 0.5) is 0 Å².